The van der Waals surface area contributed by atoms with Gasteiger partial charge >= 0.3 is 5.97 Å². The van der Waals surface area contributed by atoms with Crippen molar-refractivity contribution < 1.29 is 23.5 Å². The number of benzene rings is 1. The van der Waals surface area contributed by atoms with Gasteiger partial charge < -0.3 is 4.74 Å². The second-order valence-electron chi connectivity index (χ2n) is 6.31. The topological polar surface area (TPSA) is 75.7 Å². The lowest BCUT2D eigenvalue weighted by Crippen LogP contribution is -2.55. The Hall–Kier alpha value is -1.99. The van der Waals surface area contributed by atoms with Crippen LogP contribution in [-0.4, -0.2) is 42.4 Å². The van der Waals surface area contributed by atoms with Crippen molar-refractivity contribution in [1.82, 2.24) is 10.2 Å². The first-order chi connectivity index (χ1) is 11.8. The van der Waals surface area contributed by atoms with Crippen LogP contribution in [0.3, 0.4) is 0 Å². The summed E-state index contributed by atoms with van der Waals surface area (Å²) in [6, 6.07) is 3.28. The number of esters is 1. The van der Waals surface area contributed by atoms with Crippen LogP contribution >= 0.6 is 11.6 Å². The maximum Gasteiger partial charge on any atom is 0.326 e. The lowest BCUT2D eigenvalue weighted by atomic mass is 9.78. The zero-order valence-corrected chi connectivity index (χ0v) is 14.8. The molecule has 2 saturated heterocycles. The number of carbonyl (C=O) groups is 3. The van der Waals surface area contributed by atoms with Crippen LogP contribution in [0.4, 0.5) is 4.39 Å². The molecule has 4 atom stereocenters. The summed E-state index contributed by atoms with van der Waals surface area (Å²) in [5.74, 6) is -4.10. The summed E-state index contributed by atoms with van der Waals surface area (Å²) >= 11 is 6.16. The fraction of sp³-hybridized carbons (Fsp3) is 0.471. The molecule has 8 heteroatoms. The van der Waals surface area contributed by atoms with Gasteiger partial charge in [-0.15, -0.1) is 0 Å². The van der Waals surface area contributed by atoms with Gasteiger partial charge in [0.05, 0.1) is 18.9 Å². The molecule has 3 rings (SSSR count). The first-order valence-electron chi connectivity index (χ1n) is 7.91. The third-order valence-corrected chi connectivity index (χ3v) is 5.62. The van der Waals surface area contributed by atoms with Gasteiger partial charge in [0.2, 0.25) is 11.8 Å². The molecule has 2 fully saturated rings. The van der Waals surface area contributed by atoms with Crippen LogP contribution in [0, 0.1) is 17.7 Å². The number of halogens is 2. The highest BCUT2D eigenvalue weighted by atomic mass is 35.5. The largest absolute Gasteiger partial charge is 0.468 e. The molecule has 0 saturated carbocycles. The Morgan fingerprint density at radius 3 is 2.64 bits per heavy atom. The number of amides is 2. The quantitative estimate of drug-likeness (QED) is 0.649. The van der Waals surface area contributed by atoms with Gasteiger partial charge in [-0.2, -0.15) is 0 Å². The molecule has 134 valence electrons. The number of likely N-dealkylation sites (tertiary alicyclic amines) is 1. The van der Waals surface area contributed by atoms with E-state index in [-0.39, 0.29) is 17.0 Å². The average molecular weight is 369 g/mol. The summed E-state index contributed by atoms with van der Waals surface area (Å²) in [6.07, 6.45) is 0.205. The number of nitrogens with one attached hydrogen (secondary N) is 1. The minimum Gasteiger partial charge on any atom is -0.468 e. The van der Waals surface area contributed by atoms with Crippen molar-refractivity contribution in [1.29, 1.82) is 0 Å². The number of fused-ring (bicyclic) bond motifs is 1. The van der Waals surface area contributed by atoms with Crippen molar-refractivity contribution in [2.24, 2.45) is 11.8 Å². The predicted molar refractivity (Wildman–Crippen MR) is 87.1 cm³/mol. The van der Waals surface area contributed by atoms with Crippen LogP contribution in [0.5, 0.6) is 0 Å². The normalized spacial score (nSPS) is 31.4. The highest BCUT2D eigenvalue weighted by Gasteiger charge is 2.67. The van der Waals surface area contributed by atoms with Crippen LogP contribution in [0.2, 0.25) is 5.02 Å². The molecular formula is C17H18ClFN2O4. The molecule has 2 aliphatic rings. The van der Waals surface area contributed by atoms with E-state index in [1.54, 1.807) is 6.92 Å². The summed E-state index contributed by atoms with van der Waals surface area (Å²) in [7, 11) is 2.57. The smallest absolute Gasteiger partial charge is 0.326 e. The lowest BCUT2D eigenvalue weighted by Gasteiger charge is -2.31. The van der Waals surface area contributed by atoms with Crippen molar-refractivity contribution in [3.8, 4) is 0 Å². The Morgan fingerprint density at radius 1 is 1.40 bits per heavy atom. The molecule has 6 nitrogen and oxygen atoms in total. The third kappa shape index (κ3) is 2.29. The van der Waals surface area contributed by atoms with E-state index >= 15 is 0 Å². The van der Waals surface area contributed by atoms with Crippen molar-refractivity contribution >= 4 is 29.4 Å². The Morgan fingerprint density at radius 2 is 2.08 bits per heavy atom. The molecule has 0 bridgehead atoms. The van der Waals surface area contributed by atoms with Gasteiger partial charge in [0.15, 0.2) is 0 Å². The number of nitrogens with zero attached hydrogens (tertiary/aromatic N) is 1. The van der Waals surface area contributed by atoms with Gasteiger partial charge in [0, 0.05) is 23.7 Å². The highest BCUT2D eigenvalue weighted by molar-refractivity contribution is 6.31. The summed E-state index contributed by atoms with van der Waals surface area (Å²) in [5, 5.41) is 3.15. The monoisotopic (exact) mass is 368 g/mol. The summed E-state index contributed by atoms with van der Waals surface area (Å²) in [6.45, 7) is 1.71. The second-order valence-corrected chi connectivity index (χ2v) is 6.72. The van der Waals surface area contributed by atoms with Gasteiger partial charge in [-0.3, -0.25) is 24.6 Å². The van der Waals surface area contributed by atoms with Crippen LogP contribution in [-0.2, 0) is 19.1 Å². The Bertz CT molecular complexity index is 751. The fourth-order valence-corrected chi connectivity index (χ4v) is 4.32. The molecule has 0 spiro atoms. The molecule has 0 radical (unpaired) electrons. The lowest BCUT2D eigenvalue weighted by molar-refractivity contribution is -0.154. The Balaban J connectivity index is 2.21. The average Bonchev–Trinajstić information content (AvgIpc) is 3.05. The summed E-state index contributed by atoms with van der Waals surface area (Å²) < 4.78 is 19.4. The molecule has 1 aromatic carbocycles. The molecule has 2 aliphatic heterocycles. The van der Waals surface area contributed by atoms with Crippen molar-refractivity contribution in [2.45, 2.75) is 24.9 Å². The molecule has 2 heterocycles. The molecule has 0 aromatic heterocycles. The summed E-state index contributed by atoms with van der Waals surface area (Å²) in [5.41, 5.74) is -1.33. The van der Waals surface area contributed by atoms with Gasteiger partial charge in [-0.1, -0.05) is 24.6 Å². The Labute approximate surface area is 149 Å². The van der Waals surface area contributed by atoms with Crippen molar-refractivity contribution in [2.75, 3.05) is 14.2 Å². The van der Waals surface area contributed by atoms with Gasteiger partial charge in [-0.25, -0.2) is 4.39 Å². The molecule has 1 N–H and O–H groups in total. The third-order valence-electron chi connectivity index (χ3n) is 5.29. The van der Waals surface area contributed by atoms with E-state index in [2.05, 4.69) is 5.32 Å². The maximum atomic E-state index is 14.5. The van der Waals surface area contributed by atoms with Crippen LogP contribution in [0.25, 0.3) is 0 Å². The van der Waals surface area contributed by atoms with E-state index in [0.29, 0.717) is 0 Å². The van der Waals surface area contributed by atoms with Gasteiger partial charge in [0.1, 0.15) is 11.4 Å². The molecule has 0 unspecified atom stereocenters. The molecule has 25 heavy (non-hydrogen) atoms. The minimum absolute atomic E-state index is 0.0786. The second kappa shape index (κ2) is 6.07. The van der Waals surface area contributed by atoms with Crippen molar-refractivity contribution in [3.63, 3.8) is 0 Å². The number of ether oxygens (including phenoxy) is 1. The minimum atomic E-state index is -1.41. The number of methoxy groups -OCH3 is 1. The zero-order valence-electron chi connectivity index (χ0n) is 14.0. The van der Waals surface area contributed by atoms with Crippen molar-refractivity contribution in [3.05, 3.63) is 34.6 Å². The molecular weight excluding hydrogens is 351 g/mol. The van der Waals surface area contributed by atoms with Gasteiger partial charge in [0.25, 0.3) is 0 Å². The molecule has 0 aliphatic carbocycles. The molecule has 1 aromatic rings. The zero-order chi connectivity index (χ0) is 18.5. The van der Waals surface area contributed by atoms with E-state index in [1.165, 1.54) is 32.4 Å². The highest BCUT2D eigenvalue weighted by Crippen LogP contribution is 2.51. The first kappa shape index (κ1) is 17.8. The number of rotatable bonds is 3. The number of hydrogen-bond donors (Lipinski definition) is 1. The van der Waals surface area contributed by atoms with Crippen LogP contribution in [0.1, 0.15) is 24.9 Å². The molecule has 2 amide bonds. The van der Waals surface area contributed by atoms with E-state index in [4.69, 9.17) is 16.3 Å². The number of hydrogen-bond acceptors (Lipinski definition) is 5. The van der Waals surface area contributed by atoms with E-state index in [0.717, 1.165) is 4.90 Å². The number of carbonyl (C=O) groups excluding carboxylic acids is 3. The fourth-order valence-electron chi connectivity index (χ4n) is 4.04. The maximum absolute atomic E-state index is 14.5. The first-order valence-corrected chi connectivity index (χ1v) is 8.29. The Kier molecular flexibility index (Phi) is 4.33. The van der Waals surface area contributed by atoms with E-state index in [1.807, 2.05) is 0 Å². The van der Waals surface area contributed by atoms with Crippen LogP contribution in [0.15, 0.2) is 18.2 Å². The summed E-state index contributed by atoms with van der Waals surface area (Å²) in [4.78, 5) is 38.8. The van der Waals surface area contributed by atoms with Gasteiger partial charge in [-0.05, 0) is 18.6 Å². The SMILES string of the molecule is CC[C@@]1(C(=O)OC)N[C@H](c2c(F)cccc2Cl)[C@@H]2C(=O)N(C)C(=O)[C@@H]21. The van der Waals surface area contributed by atoms with E-state index in [9.17, 15) is 18.8 Å². The van der Waals surface area contributed by atoms with Crippen LogP contribution < -0.4 is 5.32 Å². The van der Waals surface area contributed by atoms with E-state index < -0.39 is 47.0 Å². The predicted octanol–water partition coefficient (Wildman–Crippen LogP) is 1.68. The standard InChI is InChI=1S/C17H18ClFN2O4/c1-4-17(16(24)25-3)12-11(14(22)21(2)15(12)23)13(20-17)10-8(18)6-5-7-9(10)19/h5-7,11-13,20H,4H2,1-3H3/t11-,12-,13-,17-/m1/s1. The number of imide groups is 1.